The van der Waals surface area contributed by atoms with Gasteiger partial charge in [-0.15, -0.1) is 0 Å². The number of hydrogen-bond acceptors (Lipinski definition) is 4. The third-order valence-electron chi connectivity index (χ3n) is 3.85. The zero-order valence-electron chi connectivity index (χ0n) is 12.4. The smallest absolute Gasteiger partial charge is 0.255 e. The Morgan fingerprint density at radius 3 is 2.55 bits per heavy atom. The summed E-state index contributed by atoms with van der Waals surface area (Å²) in [4.78, 5) is 14.1. The van der Waals surface area contributed by atoms with Gasteiger partial charge in [0.25, 0.3) is 5.91 Å². The Morgan fingerprint density at radius 1 is 1.09 bits per heavy atom. The molecule has 0 aromatic heterocycles. The van der Waals surface area contributed by atoms with Gasteiger partial charge in [0, 0.05) is 25.0 Å². The summed E-state index contributed by atoms with van der Waals surface area (Å²) in [7, 11) is 1.93. The van der Waals surface area contributed by atoms with Crippen LogP contribution in [-0.4, -0.2) is 31.2 Å². The van der Waals surface area contributed by atoms with E-state index in [1.807, 2.05) is 54.4 Å². The van der Waals surface area contributed by atoms with E-state index >= 15 is 0 Å². The van der Waals surface area contributed by atoms with Crippen LogP contribution in [0.4, 0.5) is 11.4 Å². The number of fused-ring (bicyclic) bond motifs is 1. The molecular weight excluding hydrogens is 278 g/mol. The van der Waals surface area contributed by atoms with Crippen LogP contribution < -0.4 is 15.5 Å². The second-order valence-electron chi connectivity index (χ2n) is 5.33. The predicted molar refractivity (Wildman–Crippen MR) is 87.1 cm³/mol. The monoisotopic (exact) mass is 297 g/mol. The summed E-state index contributed by atoms with van der Waals surface area (Å²) in [5.74, 6) is -0.0687. The normalized spacial score (nSPS) is 16.5. The van der Waals surface area contributed by atoms with Crippen LogP contribution >= 0.6 is 0 Å². The molecule has 0 saturated carbocycles. The average molecular weight is 297 g/mol. The Morgan fingerprint density at radius 2 is 1.82 bits per heavy atom. The molecule has 3 rings (SSSR count). The first-order valence-electron chi connectivity index (χ1n) is 7.27. The molecule has 1 atom stereocenters. The van der Waals surface area contributed by atoms with Gasteiger partial charge in [-0.05, 0) is 29.8 Å². The number of hydrogen-bond donors (Lipinski definition) is 3. The fourth-order valence-electron chi connectivity index (χ4n) is 2.57. The summed E-state index contributed by atoms with van der Waals surface area (Å²) in [5.41, 5.74) is 3.53. The summed E-state index contributed by atoms with van der Waals surface area (Å²) in [5, 5.41) is 15.3. The van der Waals surface area contributed by atoms with Gasteiger partial charge in [0.15, 0.2) is 0 Å². The number of para-hydroxylation sites is 1. The van der Waals surface area contributed by atoms with E-state index in [1.165, 1.54) is 0 Å². The van der Waals surface area contributed by atoms with Crippen molar-refractivity contribution >= 4 is 17.3 Å². The van der Waals surface area contributed by atoms with Crippen LogP contribution in [0.15, 0.2) is 48.5 Å². The van der Waals surface area contributed by atoms with Gasteiger partial charge in [0.1, 0.15) is 6.17 Å². The first-order chi connectivity index (χ1) is 10.7. The molecule has 0 bridgehead atoms. The summed E-state index contributed by atoms with van der Waals surface area (Å²) in [6.45, 7) is 0.709. The maximum absolute atomic E-state index is 12.1. The fourth-order valence-corrected chi connectivity index (χ4v) is 2.57. The zero-order valence-corrected chi connectivity index (χ0v) is 12.4. The molecule has 114 valence electrons. The lowest BCUT2D eigenvalue weighted by molar-refractivity contribution is 0.0935. The Balaban J connectivity index is 1.80. The number of amides is 1. The Kier molecular flexibility index (Phi) is 3.98. The fraction of sp³-hybridized carbons (Fsp3) is 0.235. The maximum atomic E-state index is 12.1. The number of anilines is 2. The van der Waals surface area contributed by atoms with Crippen LogP contribution in [-0.2, 0) is 0 Å². The van der Waals surface area contributed by atoms with E-state index in [0.29, 0.717) is 12.1 Å². The van der Waals surface area contributed by atoms with Crippen molar-refractivity contribution in [2.45, 2.75) is 6.17 Å². The molecule has 1 aliphatic heterocycles. The van der Waals surface area contributed by atoms with Crippen LogP contribution in [0.25, 0.3) is 0 Å². The summed E-state index contributed by atoms with van der Waals surface area (Å²) in [6.07, 6.45) is -0.236. The SMILES string of the molecule is CN(CCO)c1ccc([C@@H]2NC(=O)c3ccccc3N2)cc1. The van der Waals surface area contributed by atoms with Gasteiger partial charge in [-0.2, -0.15) is 0 Å². The van der Waals surface area contributed by atoms with Crippen molar-refractivity contribution in [1.29, 1.82) is 0 Å². The van der Waals surface area contributed by atoms with Crippen molar-refractivity contribution < 1.29 is 9.90 Å². The van der Waals surface area contributed by atoms with Crippen molar-refractivity contribution in [2.75, 3.05) is 30.4 Å². The first kappa shape index (κ1) is 14.4. The van der Waals surface area contributed by atoms with Gasteiger partial charge in [-0.3, -0.25) is 4.79 Å². The van der Waals surface area contributed by atoms with Crippen LogP contribution in [0.2, 0.25) is 0 Å². The molecule has 0 unspecified atom stereocenters. The molecule has 1 aliphatic rings. The molecule has 1 amide bonds. The van der Waals surface area contributed by atoms with Crippen LogP contribution in [0.3, 0.4) is 0 Å². The lowest BCUT2D eigenvalue weighted by Gasteiger charge is -2.28. The Labute approximate surface area is 129 Å². The number of likely N-dealkylation sites (N-methyl/N-ethyl adjacent to an activating group) is 1. The number of rotatable bonds is 4. The van der Waals surface area contributed by atoms with Gasteiger partial charge in [0.2, 0.25) is 0 Å². The van der Waals surface area contributed by atoms with Gasteiger partial charge < -0.3 is 20.6 Å². The van der Waals surface area contributed by atoms with Crippen molar-refractivity contribution in [2.24, 2.45) is 0 Å². The van der Waals surface area contributed by atoms with E-state index in [0.717, 1.165) is 16.9 Å². The third kappa shape index (κ3) is 2.76. The molecule has 0 saturated heterocycles. The highest BCUT2D eigenvalue weighted by atomic mass is 16.3. The van der Waals surface area contributed by atoms with Crippen LogP contribution in [0, 0.1) is 0 Å². The van der Waals surface area contributed by atoms with Crippen molar-refractivity contribution in [3.05, 3.63) is 59.7 Å². The topological polar surface area (TPSA) is 64.6 Å². The van der Waals surface area contributed by atoms with Crippen molar-refractivity contribution in [3.63, 3.8) is 0 Å². The molecule has 5 nitrogen and oxygen atoms in total. The van der Waals surface area contributed by atoms with E-state index in [2.05, 4.69) is 10.6 Å². The summed E-state index contributed by atoms with van der Waals surface area (Å²) in [6, 6.07) is 15.4. The summed E-state index contributed by atoms with van der Waals surface area (Å²) >= 11 is 0. The highest BCUT2D eigenvalue weighted by Gasteiger charge is 2.23. The van der Waals surface area contributed by atoms with Gasteiger partial charge in [0.05, 0.1) is 12.2 Å². The maximum Gasteiger partial charge on any atom is 0.255 e. The highest BCUT2D eigenvalue weighted by molar-refractivity contribution is 6.01. The minimum Gasteiger partial charge on any atom is -0.395 e. The molecule has 22 heavy (non-hydrogen) atoms. The minimum absolute atomic E-state index is 0.0687. The molecule has 3 N–H and O–H groups in total. The Bertz CT molecular complexity index is 670. The number of carbonyl (C=O) groups is 1. The summed E-state index contributed by atoms with van der Waals surface area (Å²) < 4.78 is 0. The second kappa shape index (κ2) is 6.07. The van der Waals surface area contributed by atoms with E-state index < -0.39 is 0 Å². The van der Waals surface area contributed by atoms with E-state index in [4.69, 9.17) is 5.11 Å². The van der Waals surface area contributed by atoms with Crippen molar-refractivity contribution in [1.82, 2.24) is 5.32 Å². The highest BCUT2D eigenvalue weighted by Crippen LogP contribution is 2.27. The van der Waals surface area contributed by atoms with Gasteiger partial charge >= 0.3 is 0 Å². The number of nitrogens with zero attached hydrogens (tertiary/aromatic N) is 1. The van der Waals surface area contributed by atoms with Crippen LogP contribution in [0.5, 0.6) is 0 Å². The quantitative estimate of drug-likeness (QED) is 0.807. The Hall–Kier alpha value is -2.53. The number of carbonyl (C=O) groups excluding carboxylic acids is 1. The van der Waals surface area contributed by atoms with Crippen LogP contribution in [0.1, 0.15) is 22.1 Å². The minimum atomic E-state index is -0.236. The molecule has 2 aromatic rings. The lowest BCUT2D eigenvalue weighted by Crippen LogP contribution is -2.38. The third-order valence-corrected chi connectivity index (χ3v) is 3.85. The molecule has 1 heterocycles. The molecule has 5 heteroatoms. The number of benzene rings is 2. The van der Waals surface area contributed by atoms with Crippen molar-refractivity contribution in [3.8, 4) is 0 Å². The molecule has 0 radical (unpaired) electrons. The van der Waals surface area contributed by atoms with Gasteiger partial charge in [-0.25, -0.2) is 0 Å². The molecule has 0 spiro atoms. The number of nitrogens with one attached hydrogen (secondary N) is 2. The first-order valence-corrected chi connectivity index (χ1v) is 7.27. The lowest BCUT2D eigenvalue weighted by atomic mass is 10.1. The van der Waals surface area contributed by atoms with E-state index in [1.54, 1.807) is 6.07 Å². The molecule has 0 fully saturated rings. The predicted octanol–water partition coefficient (Wildman–Crippen LogP) is 1.97. The van der Waals surface area contributed by atoms with Gasteiger partial charge in [-0.1, -0.05) is 24.3 Å². The largest absolute Gasteiger partial charge is 0.395 e. The number of aliphatic hydroxyl groups is 1. The molecule has 2 aromatic carbocycles. The average Bonchev–Trinajstić information content (AvgIpc) is 2.55. The van der Waals surface area contributed by atoms with E-state index in [-0.39, 0.29) is 18.7 Å². The van der Waals surface area contributed by atoms with E-state index in [9.17, 15) is 4.79 Å². The standard InChI is InChI=1S/C17H19N3O2/c1-20(10-11-21)13-8-6-12(7-9-13)16-18-15-5-3-2-4-14(15)17(22)19-16/h2-9,16,18,21H,10-11H2,1H3,(H,19,22)/t16-/m0/s1. The molecule has 0 aliphatic carbocycles. The second-order valence-corrected chi connectivity index (χ2v) is 5.33. The number of aliphatic hydroxyl groups excluding tert-OH is 1. The zero-order chi connectivity index (χ0) is 15.5. The molecular formula is C17H19N3O2.